The molecule has 1 aromatic rings. The first-order chi connectivity index (χ1) is 8.07. The van der Waals surface area contributed by atoms with Gasteiger partial charge < -0.3 is 5.32 Å². The largest absolute Gasteiger partial charge is 0.313 e. The maximum Gasteiger partial charge on any atom is 0.215 e. The summed E-state index contributed by atoms with van der Waals surface area (Å²) < 4.78 is 25.7. The smallest absolute Gasteiger partial charge is 0.215 e. The van der Waals surface area contributed by atoms with E-state index in [1.807, 2.05) is 31.2 Å². The third-order valence-electron chi connectivity index (χ3n) is 2.29. The van der Waals surface area contributed by atoms with Crippen LogP contribution in [0.2, 0.25) is 0 Å². The van der Waals surface area contributed by atoms with Crippen molar-refractivity contribution < 1.29 is 8.42 Å². The Bertz CT molecular complexity index is 444. The summed E-state index contributed by atoms with van der Waals surface area (Å²) in [5.41, 5.74) is 1.93. The molecule has 1 rings (SSSR count). The van der Waals surface area contributed by atoms with Gasteiger partial charge in [-0.1, -0.05) is 38.1 Å². The third kappa shape index (κ3) is 5.30. The number of rotatable bonds is 7. The first kappa shape index (κ1) is 14.2. The minimum absolute atomic E-state index is 0.0425. The fourth-order valence-corrected chi connectivity index (χ4v) is 2.75. The average Bonchev–Trinajstić information content (AvgIpc) is 2.26. The second kappa shape index (κ2) is 6.74. The predicted molar refractivity (Wildman–Crippen MR) is 70.1 cm³/mol. The molecule has 0 radical (unpaired) electrons. The van der Waals surface area contributed by atoms with Crippen LogP contribution < -0.4 is 10.0 Å². The van der Waals surface area contributed by atoms with Gasteiger partial charge in [0.1, 0.15) is 0 Å². The molecular formula is C12H20N2O2S. The molecule has 0 aliphatic heterocycles. The monoisotopic (exact) mass is 256 g/mol. The van der Waals surface area contributed by atoms with E-state index in [1.54, 1.807) is 6.92 Å². The summed E-state index contributed by atoms with van der Waals surface area (Å²) in [6, 6.07) is 7.65. The van der Waals surface area contributed by atoms with Gasteiger partial charge in [-0.3, -0.25) is 0 Å². The molecule has 0 amide bonds. The Morgan fingerprint density at radius 1 is 1.12 bits per heavy atom. The van der Waals surface area contributed by atoms with Crippen LogP contribution in [0.25, 0.3) is 0 Å². The molecule has 0 bridgehead atoms. The molecule has 0 heterocycles. The molecule has 0 spiro atoms. The molecule has 0 aliphatic carbocycles. The lowest BCUT2D eigenvalue weighted by Crippen LogP contribution is -2.24. The van der Waals surface area contributed by atoms with Crippen LogP contribution in [0.3, 0.4) is 0 Å². The van der Waals surface area contributed by atoms with Crippen LogP contribution in [0, 0.1) is 0 Å². The van der Waals surface area contributed by atoms with Crippen LogP contribution in [0.4, 0.5) is 0 Å². The summed E-state index contributed by atoms with van der Waals surface area (Å²) in [5.74, 6) is 0.0425. The molecule has 5 heteroatoms. The summed E-state index contributed by atoms with van der Waals surface area (Å²) in [6.45, 7) is 5.92. The van der Waals surface area contributed by atoms with Crippen LogP contribution in [0.1, 0.15) is 25.0 Å². The van der Waals surface area contributed by atoms with Gasteiger partial charge in [-0.2, -0.15) is 0 Å². The SMILES string of the molecule is CCNCc1cccc(CS(=O)(=O)NCC)c1. The van der Waals surface area contributed by atoms with E-state index in [0.717, 1.165) is 24.2 Å². The van der Waals surface area contributed by atoms with Crippen molar-refractivity contribution in [1.82, 2.24) is 10.0 Å². The normalized spacial score (nSPS) is 11.6. The van der Waals surface area contributed by atoms with Crippen molar-refractivity contribution in [2.24, 2.45) is 0 Å². The van der Waals surface area contributed by atoms with Crippen molar-refractivity contribution >= 4 is 10.0 Å². The van der Waals surface area contributed by atoms with Gasteiger partial charge in [0, 0.05) is 13.1 Å². The van der Waals surface area contributed by atoms with Crippen molar-refractivity contribution in [3.8, 4) is 0 Å². The van der Waals surface area contributed by atoms with E-state index in [9.17, 15) is 8.42 Å². The zero-order valence-corrected chi connectivity index (χ0v) is 11.2. The molecule has 0 saturated carbocycles. The molecule has 0 fully saturated rings. The number of nitrogens with one attached hydrogen (secondary N) is 2. The van der Waals surface area contributed by atoms with Crippen molar-refractivity contribution in [2.75, 3.05) is 13.1 Å². The number of sulfonamides is 1. The van der Waals surface area contributed by atoms with E-state index < -0.39 is 10.0 Å². The highest BCUT2D eigenvalue weighted by Crippen LogP contribution is 2.08. The molecule has 0 aromatic heterocycles. The average molecular weight is 256 g/mol. The molecule has 0 atom stereocenters. The summed E-state index contributed by atoms with van der Waals surface area (Å²) in [6.07, 6.45) is 0. The van der Waals surface area contributed by atoms with Gasteiger partial charge in [0.2, 0.25) is 10.0 Å². The first-order valence-electron chi connectivity index (χ1n) is 5.83. The molecule has 0 unspecified atom stereocenters. The number of hydrogen-bond donors (Lipinski definition) is 2. The Balaban J connectivity index is 2.71. The van der Waals surface area contributed by atoms with Crippen LogP contribution in [-0.2, 0) is 22.3 Å². The standard InChI is InChI=1S/C12H20N2O2S/c1-3-13-9-11-6-5-7-12(8-11)10-17(15,16)14-4-2/h5-8,13-14H,3-4,9-10H2,1-2H3. The van der Waals surface area contributed by atoms with Crippen LogP contribution in [0.15, 0.2) is 24.3 Å². The predicted octanol–water partition coefficient (Wildman–Crippen LogP) is 1.24. The molecular weight excluding hydrogens is 236 g/mol. The van der Waals surface area contributed by atoms with Crippen LogP contribution in [-0.4, -0.2) is 21.5 Å². The van der Waals surface area contributed by atoms with Crippen LogP contribution in [0.5, 0.6) is 0 Å². The Hall–Kier alpha value is -0.910. The lowest BCUT2D eigenvalue weighted by Gasteiger charge is -2.07. The zero-order chi connectivity index (χ0) is 12.7. The second-order valence-electron chi connectivity index (χ2n) is 3.86. The van der Waals surface area contributed by atoms with Gasteiger partial charge in [-0.05, 0) is 17.7 Å². The molecule has 17 heavy (non-hydrogen) atoms. The van der Waals surface area contributed by atoms with E-state index in [1.165, 1.54) is 0 Å². The van der Waals surface area contributed by atoms with Gasteiger partial charge in [-0.15, -0.1) is 0 Å². The lowest BCUT2D eigenvalue weighted by atomic mass is 10.1. The molecule has 2 N–H and O–H groups in total. The van der Waals surface area contributed by atoms with Gasteiger partial charge in [0.25, 0.3) is 0 Å². The van der Waals surface area contributed by atoms with Gasteiger partial charge >= 0.3 is 0 Å². The molecule has 0 aliphatic rings. The molecule has 4 nitrogen and oxygen atoms in total. The highest BCUT2D eigenvalue weighted by molar-refractivity contribution is 7.88. The fourth-order valence-electron chi connectivity index (χ4n) is 1.59. The quantitative estimate of drug-likeness (QED) is 0.771. The van der Waals surface area contributed by atoms with Gasteiger partial charge in [0.15, 0.2) is 0 Å². The number of hydrogen-bond acceptors (Lipinski definition) is 3. The van der Waals surface area contributed by atoms with E-state index in [-0.39, 0.29) is 5.75 Å². The Morgan fingerprint density at radius 3 is 2.47 bits per heavy atom. The first-order valence-corrected chi connectivity index (χ1v) is 7.48. The third-order valence-corrected chi connectivity index (χ3v) is 3.73. The zero-order valence-electron chi connectivity index (χ0n) is 10.4. The van der Waals surface area contributed by atoms with E-state index in [2.05, 4.69) is 10.0 Å². The van der Waals surface area contributed by atoms with E-state index in [0.29, 0.717) is 6.54 Å². The maximum absolute atomic E-state index is 11.6. The molecule has 0 saturated heterocycles. The van der Waals surface area contributed by atoms with E-state index in [4.69, 9.17) is 0 Å². The number of benzene rings is 1. The second-order valence-corrected chi connectivity index (χ2v) is 5.66. The summed E-state index contributed by atoms with van der Waals surface area (Å²) >= 11 is 0. The lowest BCUT2D eigenvalue weighted by molar-refractivity contribution is 0.583. The topological polar surface area (TPSA) is 58.2 Å². The molecule has 96 valence electrons. The summed E-state index contributed by atoms with van der Waals surface area (Å²) in [4.78, 5) is 0. The van der Waals surface area contributed by atoms with Gasteiger partial charge in [-0.25, -0.2) is 13.1 Å². The highest BCUT2D eigenvalue weighted by atomic mass is 32.2. The van der Waals surface area contributed by atoms with E-state index >= 15 is 0 Å². The molecule has 1 aromatic carbocycles. The van der Waals surface area contributed by atoms with Crippen molar-refractivity contribution in [1.29, 1.82) is 0 Å². The minimum atomic E-state index is -3.19. The Labute approximate surface area is 103 Å². The van der Waals surface area contributed by atoms with Gasteiger partial charge in [0.05, 0.1) is 5.75 Å². The fraction of sp³-hybridized carbons (Fsp3) is 0.500. The summed E-state index contributed by atoms with van der Waals surface area (Å²) in [7, 11) is -3.19. The Kier molecular flexibility index (Phi) is 5.61. The Morgan fingerprint density at radius 2 is 1.82 bits per heavy atom. The highest BCUT2D eigenvalue weighted by Gasteiger charge is 2.09. The van der Waals surface area contributed by atoms with Crippen LogP contribution >= 0.6 is 0 Å². The maximum atomic E-state index is 11.6. The van der Waals surface area contributed by atoms with Crippen molar-refractivity contribution in [2.45, 2.75) is 26.1 Å². The minimum Gasteiger partial charge on any atom is -0.313 e. The summed E-state index contributed by atoms with van der Waals surface area (Å²) in [5, 5.41) is 3.21. The van der Waals surface area contributed by atoms with Crippen molar-refractivity contribution in [3.63, 3.8) is 0 Å². The van der Waals surface area contributed by atoms with Crippen molar-refractivity contribution in [3.05, 3.63) is 35.4 Å².